The molecule has 1 saturated heterocycles. The Kier molecular flexibility index (Phi) is 4.21. The number of amides is 1. The van der Waals surface area contributed by atoms with Crippen LogP contribution in [0.2, 0.25) is 0 Å². The van der Waals surface area contributed by atoms with Crippen molar-refractivity contribution in [3.63, 3.8) is 0 Å². The largest absolute Gasteiger partial charge is 0.310 e. The molecule has 2 heterocycles. The Hall–Kier alpha value is -1.11. The normalized spacial score (nSPS) is 18.9. The Morgan fingerprint density at radius 1 is 1.50 bits per heavy atom. The van der Waals surface area contributed by atoms with Gasteiger partial charge >= 0.3 is 0 Å². The summed E-state index contributed by atoms with van der Waals surface area (Å²) in [6.45, 7) is 0.901. The summed E-state index contributed by atoms with van der Waals surface area (Å²) in [5.41, 5.74) is 9.08. The molecule has 0 bridgehead atoms. The lowest BCUT2D eigenvalue weighted by Gasteiger charge is -2.19. The quantitative estimate of drug-likeness (QED) is 0.462. The average molecular weight is 375 g/mol. The highest BCUT2D eigenvalue weighted by Gasteiger charge is 2.32. The van der Waals surface area contributed by atoms with E-state index in [0.717, 1.165) is 14.6 Å². The molecule has 1 aliphatic heterocycles. The average Bonchev–Trinajstić information content (AvgIpc) is 2.68. The van der Waals surface area contributed by atoms with E-state index < -0.39 is 0 Å². The van der Waals surface area contributed by atoms with Crippen LogP contribution in [0, 0.1) is 5.92 Å². The maximum atomic E-state index is 12.0. The van der Waals surface area contributed by atoms with E-state index in [1.165, 1.54) is 0 Å². The summed E-state index contributed by atoms with van der Waals surface area (Å²) < 4.78 is 1.52. The number of carbonyl (C=O) groups is 1. The van der Waals surface area contributed by atoms with Gasteiger partial charge in [-0.1, -0.05) is 5.11 Å². The van der Waals surface area contributed by atoms with Crippen molar-refractivity contribution < 1.29 is 4.79 Å². The smallest absolute Gasteiger partial charge is 0.227 e. The lowest BCUT2D eigenvalue weighted by Crippen LogP contribution is -2.25. The van der Waals surface area contributed by atoms with Crippen molar-refractivity contribution in [3.05, 3.63) is 31.8 Å². The second-order valence-corrected chi connectivity index (χ2v) is 5.65. The molecule has 1 amide bonds. The summed E-state index contributed by atoms with van der Waals surface area (Å²) in [4.78, 5) is 20.4. The minimum Gasteiger partial charge on any atom is -0.310 e. The van der Waals surface area contributed by atoms with Gasteiger partial charge in [0.15, 0.2) is 0 Å². The zero-order valence-electron chi connectivity index (χ0n) is 9.25. The SMILES string of the molecule is [N-]=[N+]=NCC1CC(=O)N(c2c(Br)cncc2Br)C1. The third-order valence-corrected chi connectivity index (χ3v) is 3.87. The minimum atomic E-state index is 0.0285. The van der Waals surface area contributed by atoms with Crippen molar-refractivity contribution in [2.24, 2.45) is 11.0 Å². The van der Waals surface area contributed by atoms with Crippen molar-refractivity contribution in [1.29, 1.82) is 0 Å². The molecule has 1 atom stereocenters. The van der Waals surface area contributed by atoms with Gasteiger partial charge < -0.3 is 4.90 Å². The minimum absolute atomic E-state index is 0.0285. The van der Waals surface area contributed by atoms with Crippen LogP contribution in [0.3, 0.4) is 0 Å². The molecule has 2 rings (SSSR count). The topological polar surface area (TPSA) is 82.0 Å². The van der Waals surface area contributed by atoms with Crippen LogP contribution in [0.25, 0.3) is 10.4 Å². The van der Waals surface area contributed by atoms with Crippen LogP contribution in [-0.4, -0.2) is 24.0 Å². The first-order chi connectivity index (χ1) is 8.63. The molecule has 8 heteroatoms. The first-order valence-electron chi connectivity index (χ1n) is 5.23. The van der Waals surface area contributed by atoms with E-state index in [4.69, 9.17) is 5.53 Å². The van der Waals surface area contributed by atoms with Crippen LogP contribution in [-0.2, 0) is 4.79 Å². The number of halogens is 2. The molecule has 1 aromatic rings. The van der Waals surface area contributed by atoms with Crippen molar-refractivity contribution >= 4 is 43.5 Å². The number of anilines is 1. The van der Waals surface area contributed by atoms with E-state index in [2.05, 4.69) is 46.9 Å². The van der Waals surface area contributed by atoms with Gasteiger partial charge in [-0.25, -0.2) is 0 Å². The zero-order valence-corrected chi connectivity index (χ0v) is 12.4. The summed E-state index contributed by atoms with van der Waals surface area (Å²) in [7, 11) is 0. The van der Waals surface area contributed by atoms with Gasteiger partial charge in [0.1, 0.15) is 0 Å². The maximum Gasteiger partial charge on any atom is 0.227 e. The summed E-state index contributed by atoms with van der Waals surface area (Å²) in [5.74, 6) is 0.0982. The Bertz CT molecular complexity index is 509. The van der Waals surface area contributed by atoms with Gasteiger partial charge in [-0.3, -0.25) is 9.78 Å². The molecular formula is C10H9Br2N5O. The second-order valence-electron chi connectivity index (χ2n) is 3.94. The summed E-state index contributed by atoms with van der Waals surface area (Å²) >= 11 is 6.78. The Morgan fingerprint density at radius 2 is 2.17 bits per heavy atom. The van der Waals surface area contributed by atoms with Crippen LogP contribution >= 0.6 is 31.9 Å². The molecule has 0 saturated carbocycles. The summed E-state index contributed by atoms with van der Waals surface area (Å²) in [6, 6.07) is 0. The third-order valence-electron chi connectivity index (χ3n) is 2.71. The van der Waals surface area contributed by atoms with Gasteiger partial charge in [0.05, 0.1) is 14.6 Å². The molecule has 0 aromatic carbocycles. The number of pyridine rings is 1. The summed E-state index contributed by atoms with van der Waals surface area (Å²) in [5, 5.41) is 3.53. The number of rotatable bonds is 3. The molecule has 0 aliphatic carbocycles. The van der Waals surface area contributed by atoms with E-state index in [1.54, 1.807) is 17.3 Å². The van der Waals surface area contributed by atoms with Crippen LogP contribution in [0.4, 0.5) is 5.69 Å². The number of azide groups is 1. The van der Waals surface area contributed by atoms with Gasteiger partial charge in [-0.2, -0.15) is 0 Å². The molecule has 18 heavy (non-hydrogen) atoms. The number of aromatic nitrogens is 1. The highest BCUT2D eigenvalue weighted by molar-refractivity contribution is 9.11. The van der Waals surface area contributed by atoms with Crippen LogP contribution in [0.5, 0.6) is 0 Å². The monoisotopic (exact) mass is 373 g/mol. The van der Waals surface area contributed by atoms with Crippen LogP contribution < -0.4 is 4.90 Å². The highest BCUT2D eigenvalue weighted by atomic mass is 79.9. The fourth-order valence-corrected chi connectivity index (χ4v) is 3.29. The van der Waals surface area contributed by atoms with Crippen molar-refractivity contribution in [1.82, 2.24) is 4.98 Å². The standard InChI is InChI=1S/C10H9Br2N5O/c11-7-3-14-4-8(12)10(7)17-5-6(1-9(17)18)2-15-16-13/h3-4,6H,1-2,5H2. The lowest BCUT2D eigenvalue weighted by molar-refractivity contribution is -0.117. The van der Waals surface area contributed by atoms with E-state index in [-0.39, 0.29) is 11.8 Å². The van der Waals surface area contributed by atoms with Crippen molar-refractivity contribution in [2.45, 2.75) is 6.42 Å². The molecule has 94 valence electrons. The molecular weight excluding hydrogens is 366 g/mol. The fraction of sp³-hybridized carbons (Fsp3) is 0.400. The van der Waals surface area contributed by atoms with E-state index >= 15 is 0 Å². The van der Waals surface area contributed by atoms with Gasteiger partial charge in [-0.05, 0) is 43.3 Å². The van der Waals surface area contributed by atoms with E-state index in [0.29, 0.717) is 19.5 Å². The number of hydrogen-bond donors (Lipinski definition) is 0. The molecule has 1 aliphatic rings. The summed E-state index contributed by atoms with van der Waals surface area (Å²) in [6.07, 6.45) is 3.70. The molecule has 1 fully saturated rings. The number of nitrogens with zero attached hydrogens (tertiary/aromatic N) is 5. The Balaban J connectivity index is 2.24. The zero-order chi connectivity index (χ0) is 13.1. The lowest BCUT2D eigenvalue weighted by atomic mass is 10.1. The Labute approximate surface area is 120 Å². The molecule has 0 spiro atoms. The highest BCUT2D eigenvalue weighted by Crippen LogP contribution is 2.36. The fourth-order valence-electron chi connectivity index (χ4n) is 1.93. The van der Waals surface area contributed by atoms with Crippen LogP contribution in [0.1, 0.15) is 6.42 Å². The second kappa shape index (κ2) is 5.69. The van der Waals surface area contributed by atoms with Gasteiger partial charge in [-0.15, -0.1) is 0 Å². The number of carbonyl (C=O) groups excluding carboxylic acids is 1. The first-order valence-corrected chi connectivity index (χ1v) is 6.82. The predicted octanol–water partition coefficient (Wildman–Crippen LogP) is 3.27. The molecule has 0 radical (unpaired) electrons. The predicted molar refractivity (Wildman–Crippen MR) is 74.1 cm³/mol. The first kappa shape index (κ1) is 13.3. The van der Waals surface area contributed by atoms with Gasteiger partial charge in [0, 0.05) is 36.8 Å². The molecule has 1 unspecified atom stereocenters. The van der Waals surface area contributed by atoms with Gasteiger partial charge in [0.2, 0.25) is 5.91 Å². The molecule has 0 N–H and O–H groups in total. The molecule has 1 aromatic heterocycles. The molecule has 6 nitrogen and oxygen atoms in total. The maximum absolute atomic E-state index is 12.0. The van der Waals surface area contributed by atoms with Crippen LogP contribution in [0.15, 0.2) is 26.5 Å². The van der Waals surface area contributed by atoms with Crippen molar-refractivity contribution in [3.8, 4) is 0 Å². The van der Waals surface area contributed by atoms with E-state index in [1.807, 2.05) is 0 Å². The van der Waals surface area contributed by atoms with Crippen molar-refractivity contribution in [2.75, 3.05) is 18.0 Å². The third kappa shape index (κ3) is 2.66. The number of hydrogen-bond acceptors (Lipinski definition) is 3. The van der Waals surface area contributed by atoms with Gasteiger partial charge in [0.25, 0.3) is 0 Å². The Morgan fingerprint density at radius 3 is 2.78 bits per heavy atom. The van der Waals surface area contributed by atoms with E-state index in [9.17, 15) is 4.79 Å².